The molecule has 2 aromatic heterocycles. The molecule has 2 unspecified atom stereocenters. The van der Waals surface area contributed by atoms with Gasteiger partial charge >= 0.3 is 0 Å². The quantitative estimate of drug-likeness (QED) is 0.943. The number of nitrogens with one attached hydrogen (secondary N) is 1. The van der Waals surface area contributed by atoms with Crippen molar-refractivity contribution < 1.29 is 0 Å². The fourth-order valence-electron chi connectivity index (χ4n) is 3.05. The molecule has 2 aromatic rings. The highest BCUT2D eigenvalue weighted by Gasteiger charge is 2.22. The van der Waals surface area contributed by atoms with E-state index in [-0.39, 0.29) is 0 Å². The van der Waals surface area contributed by atoms with Crippen LogP contribution in [0.3, 0.4) is 0 Å². The number of likely N-dealkylation sites (tertiary alicyclic amines) is 1. The van der Waals surface area contributed by atoms with Gasteiger partial charge in [0.1, 0.15) is 0 Å². The smallest absolute Gasteiger partial charge is 0.158 e. The highest BCUT2D eigenvalue weighted by Crippen LogP contribution is 2.23. The van der Waals surface area contributed by atoms with E-state index in [0.717, 1.165) is 23.3 Å². The number of fused-ring (bicyclic) bond motifs is 1. The van der Waals surface area contributed by atoms with E-state index in [4.69, 9.17) is 0 Å². The second-order valence-electron chi connectivity index (χ2n) is 6.51. The lowest BCUT2D eigenvalue weighted by atomic mass is 9.99. The van der Waals surface area contributed by atoms with Gasteiger partial charge in [0.25, 0.3) is 0 Å². The fraction of sp³-hybridized carbons (Fsp3) is 0.625. The molecule has 0 spiro atoms. The molecule has 1 aliphatic rings. The third kappa shape index (κ3) is 2.88. The van der Waals surface area contributed by atoms with Gasteiger partial charge in [0.2, 0.25) is 0 Å². The maximum Gasteiger partial charge on any atom is 0.158 e. The van der Waals surface area contributed by atoms with Crippen LogP contribution in [0.25, 0.3) is 11.0 Å². The first kappa shape index (κ1) is 14.3. The van der Waals surface area contributed by atoms with Crippen LogP contribution < -0.4 is 5.32 Å². The SMILES string of the molecule is CC1CC(Nc2cnc3c(cnn3C(C)C)c2)CCN1C. The molecule has 3 rings (SSSR count). The molecule has 2 atom stereocenters. The molecule has 3 heterocycles. The van der Waals surface area contributed by atoms with Gasteiger partial charge in [-0.1, -0.05) is 0 Å². The van der Waals surface area contributed by atoms with Crippen molar-refractivity contribution in [3.63, 3.8) is 0 Å². The predicted octanol–water partition coefficient (Wildman–Crippen LogP) is 2.91. The molecule has 0 saturated carbocycles. The second-order valence-corrected chi connectivity index (χ2v) is 6.51. The Morgan fingerprint density at radius 2 is 2.14 bits per heavy atom. The van der Waals surface area contributed by atoms with Crippen LogP contribution in [0.2, 0.25) is 0 Å². The van der Waals surface area contributed by atoms with Crippen LogP contribution in [-0.2, 0) is 0 Å². The van der Waals surface area contributed by atoms with Crippen molar-refractivity contribution in [1.82, 2.24) is 19.7 Å². The molecule has 1 aliphatic heterocycles. The number of nitrogens with zero attached hydrogens (tertiary/aromatic N) is 4. The van der Waals surface area contributed by atoms with E-state index in [0.29, 0.717) is 18.1 Å². The minimum absolute atomic E-state index is 0.337. The summed E-state index contributed by atoms with van der Waals surface area (Å²) in [6.07, 6.45) is 6.21. The number of anilines is 1. The molecule has 1 fully saturated rings. The van der Waals surface area contributed by atoms with E-state index in [1.165, 1.54) is 12.8 Å². The summed E-state index contributed by atoms with van der Waals surface area (Å²) in [4.78, 5) is 7.01. The van der Waals surface area contributed by atoms with Crippen molar-refractivity contribution >= 4 is 16.7 Å². The zero-order valence-corrected chi connectivity index (χ0v) is 13.4. The molecule has 114 valence electrons. The van der Waals surface area contributed by atoms with E-state index in [1.807, 2.05) is 17.1 Å². The van der Waals surface area contributed by atoms with E-state index >= 15 is 0 Å². The summed E-state index contributed by atoms with van der Waals surface area (Å²) in [5.41, 5.74) is 2.07. The van der Waals surface area contributed by atoms with Gasteiger partial charge in [-0.15, -0.1) is 0 Å². The molecule has 0 radical (unpaired) electrons. The maximum absolute atomic E-state index is 4.59. The Hall–Kier alpha value is -1.62. The van der Waals surface area contributed by atoms with Gasteiger partial charge in [0.15, 0.2) is 5.65 Å². The van der Waals surface area contributed by atoms with Crippen molar-refractivity contribution in [1.29, 1.82) is 0 Å². The number of rotatable bonds is 3. The molecule has 1 N–H and O–H groups in total. The molecular weight excluding hydrogens is 262 g/mol. The van der Waals surface area contributed by atoms with Gasteiger partial charge in [0, 0.05) is 30.1 Å². The first-order valence-corrected chi connectivity index (χ1v) is 7.84. The predicted molar refractivity (Wildman–Crippen MR) is 86.6 cm³/mol. The van der Waals surface area contributed by atoms with Crippen LogP contribution in [0.15, 0.2) is 18.5 Å². The van der Waals surface area contributed by atoms with Crippen LogP contribution in [0, 0.1) is 0 Å². The summed E-state index contributed by atoms with van der Waals surface area (Å²) < 4.78 is 1.97. The average molecular weight is 287 g/mol. The Morgan fingerprint density at radius 3 is 2.86 bits per heavy atom. The lowest BCUT2D eigenvalue weighted by Gasteiger charge is -2.35. The summed E-state index contributed by atoms with van der Waals surface area (Å²) in [5, 5.41) is 9.17. The van der Waals surface area contributed by atoms with Crippen molar-refractivity contribution in [3.8, 4) is 0 Å². The van der Waals surface area contributed by atoms with Gasteiger partial charge in [0.05, 0.1) is 18.1 Å². The van der Waals surface area contributed by atoms with E-state index < -0.39 is 0 Å². The molecule has 1 saturated heterocycles. The second kappa shape index (κ2) is 5.64. The Bertz CT molecular complexity index is 618. The topological polar surface area (TPSA) is 46.0 Å². The number of hydrogen-bond acceptors (Lipinski definition) is 4. The largest absolute Gasteiger partial charge is 0.381 e. The summed E-state index contributed by atoms with van der Waals surface area (Å²) in [6.45, 7) is 7.70. The summed E-state index contributed by atoms with van der Waals surface area (Å²) in [5.74, 6) is 0. The Kier molecular flexibility index (Phi) is 3.85. The highest BCUT2D eigenvalue weighted by molar-refractivity contribution is 5.78. The number of piperidine rings is 1. The normalized spacial score (nSPS) is 23.9. The fourth-order valence-corrected chi connectivity index (χ4v) is 3.05. The zero-order valence-electron chi connectivity index (χ0n) is 13.4. The summed E-state index contributed by atoms with van der Waals surface area (Å²) >= 11 is 0. The molecule has 0 bridgehead atoms. The summed E-state index contributed by atoms with van der Waals surface area (Å²) in [6, 6.07) is 3.67. The van der Waals surface area contributed by atoms with Crippen molar-refractivity contribution in [3.05, 3.63) is 18.5 Å². The monoisotopic (exact) mass is 287 g/mol. The van der Waals surface area contributed by atoms with Crippen molar-refractivity contribution in [2.45, 2.75) is 51.7 Å². The molecule has 0 aromatic carbocycles. The van der Waals surface area contributed by atoms with Crippen LogP contribution >= 0.6 is 0 Å². The van der Waals surface area contributed by atoms with Crippen LogP contribution in [0.1, 0.15) is 39.7 Å². The van der Waals surface area contributed by atoms with Crippen molar-refractivity contribution in [2.24, 2.45) is 0 Å². The van der Waals surface area contributed by atoms with Crippen LogP contribution in [-0.4, -0.2) is 45.3 Å². The molecule has 0 aliphatic carbocycles. The minimum Gasteiger partial charge on any atom is -0.381 e. The molecule has 5 heteroatoms. The van der Waals surface area contributed by atoms with Crippen molar-refractivity contribution in [2.75, 3.05) is 18.9 Å². The van der Waals surface area contributed by atoms with Gasteiger partial charge < -0.3 is 10.2 Å². The zero-order chi connectivity index (χ0) is 15.0. The Labute approximate surface area is 126 Å². The standard InChI is InChI=1S/C16H25N5/c1-11(2)21-16-13(9-18-21)8-15(10-17-16)19-14-5-6-20(4)12(3)7-14/h8-12,14,19H,5-7H2,1-4H3. The third-order valence-corrected chi connectivity index (χ3v) is 4.50. The molecule has 21 heavy (non-hydrogen) atoms. The average Bonchev–Trinajstić information content (AvgIpc) is 2.86. The molecule has 0 amide bonds. The first-order valence-electron chi connectivity index (χ1n) is 7.84. The highest BCUT2D eigenvalue weighted by atomic mass is 15.3. The van der Waals surface area contributed by atoms with Gasteiger partial charge in [-0.2, -0.15) is 5.10 Å². The lowest BCUT2D eigenvalue weighted by molar-refractivity contribution is 0.190. The molecule has 5 nitrogen and oxygen atoms in total. The van der Waals surface area contributed by atoms with Gasteiger partial charge in [-0.3, -0.25) is 0 Å². The summed E-state index contributed by atoms with van der Waals surface area (Å²) in [7, 11) is 2.20. The van der Waals surface area contributed by atoms with Crippen LogP contribution in [0.4, 0.5) is 5.69 Å². The third-order valence-electron chi connectivity index (χ3n) is 4.50. The number of hydrogen-bond donors (Lipinski definition) is 1. The van der Waals surface area contributed by atoms with E-state index in [2.05, 4.69) is 54.2 Å². The number of pyridine rings is 1. The number of aromatic nitrogens is 3. The molecular formula is C16H25N5. The lowest BCUT2D eigenvalue weighted by Crippen LogP contribution is -2.42. The Balaban J connectivity index is 1.76. The Morgan fingerprint density at radius 1 is 1.33 bits per heavy atom. The maximum atomic E-state index is 4.59. The minimum atomic E-state index is 0.337. The van der Waals surface area contributed by atoms with E-state index in [9.17, 15) is 0 Å². The van der Waals surface area contributed by atoms with Crippen LogP contribution in [0.5, 0.6) is 0 Å². The first-order chi connectivity index (χ1) is 10.0. The van der Waals surface area contributed by atoms with E-state index in [1.54, 1.807) is 0 Å². The van der Waals surface area contributed by atoms with Gasteiger partial charge in [-0.05, 0) is 46.7 Å². The van der Waals surface area contributed by atoms with Gasteiger partial charge in [-0.25, -0.2) is 9.67 Å².